The molecule has 0 aliphatic rings. The van der Waals surface area contributed by atoms with Gasteiger partial charge >= 0.3 is 0 Å². The SMILES string of the molecule is CCCCCC/C=C/[N]/C=C/CCCCCC. The van der Waals surface area contributed by atoms with E-state index in [0.717, 1.165) is 0 Å². The van der Waals surface area contributed by atoms with Crippen molar-refractivity contribution in [2.45, 2.75) is 78.1 Å². The zero-order chi connectivity index (χ0) is 12.6. The predicted octanol–water partition coefficient (Wildman–Crippen LogP) is 5.56. The Balaban J connectivity index is 3.14. The van der Waals surface area contributed by atoms with E-state index in [1.54, 1.807) is 0 Å². The number of hydrogen-bond acceptors (Lipinski definition) is 0. The molecule has 0 N–H and O–H groups in total. The maximum atomic E-state index is 4.25. The van der Waals surface area contributed by atoms with E-state index in [1.807, 2.05) is 12.4 Å². The van der Waals surface area contributed by atoms with Gasteiger partial charge in [-0.05, 0) is 25.7 Å². The van der Waals surface area contributed by atoms with Crippen LogP contribution in [0.1, 0.15) is 78.1 Å². The van der Waals surface area contributed by atoms with E-state index < -0.39 is 0 Å². The normalized spacial score (nSPS) is 11.6. The van der Waals surface area contributed by atoms with Crippen LogP contribution in [0.3, 0.4) is 0 Å². The molecule has 0 spiro atoms. The molecular formula is C16H30N. The molecule has 0 atom stereocenters. The number of unbranched alkanes of at least 4 members (excludes halogenated alkanes) is 8. The third kappa shape index (κ3) is 15.3. The molecule has 0 bridgehead atoms. The third-order valence-corrected chi connectivity index (χ3v) is 2.83. The average Bonchev–Trinajstić information content (AvgIpc) is 2.35. The molecule has 0 saturated heterocycles. The van der Waals surface area contributed by atoms with Gasteiger partial charge in [-0.15, -0.1) is 0 Å². The predicted molar refractivity (Wildman–Crippen MR) is 77.9 cm³/mol. The summed E-state index contributed by atoms with van der Waals surface area (Å²) in [6, 6.07) is 0. The summed E-state index contributed by atoms with van der Waals surface area (Å²) < 4.78 is 0. The standard InChI is InChI=1S/C16H30N/c1-3-5-7-9-11-13-15-17-16-14-12-10-8-6-4-2/h13-16H,3-12H2,1-2H3/b15-13+,16-14+. The maximum absolute atomic E-state index is 4.25. The number of nitrogens with zero attached hydrogens (tertiary/aromatic N) is 1. The van der Waals surface area contributed by atoms with Gasteiger partial charge in [-0.1, -0.05) is 64.5 Å². The van der Waals surface area contributed by atoms with Crippen LogP contribution in [-0.4, -0.2) is 0 Å². The van der Waals surface area contributed by atoms with Crippen LogP contribution in [-0.2, 0) is 0 Å². The van der Waals surface area contributed by atoms with Gasteiger partial charge < -0.3 is 0 Å². The molecule has 1 nitrogen and oxygen atoms in total. The second-order valence-electron chi connectivity index (χ2n) is 4.62. The monoisotopic (exact) mass is 236 g/mol. The highest BCUT2D eigenvalue weighted by molar-refractivity contribution is 4.87. The second kappa shape index (κ2) is 15.3. The minimum atomic E-state index is 1.17. The van der Waals surface area contributed by atoms with Crippen LogP contribution in [0.2, 0.25) is 0 Å². The molecule has 0 aliphatic heterocycles. The van der Waals surface area contributed by atoms with Gasteiger partial charge in [0.05, 0.1) is 0 Å². The summed E-state index contributed by atoms with van der Waals surface area (Å²) in [5.41, 5.74) is 0. The quantitative estimate of drug-likeness (QED) is 0.394. The Morgan fingerprint density at radius 3 is 1.53 bits per heavy atom. The van der Waals surface area contributed by atoms with Gasteiger partial charge in [0.25, 0.3) is 0 Å². The van der Waals surface area contributed by atoms with Gasteiger partial charge in [-0.2, -0.15) is 0 Å². The zero-order valence-electron chi connectivity index (χ0n) is 11.8. The van der Waals surface area contributed by atoms with Gasteiger partial charge in [0.1, 0.15) is 0 Å². The number of hydrogen-bond donors (Lipinski definition) is 0. The highest BCUT2D eigenvalue weighted by Gasteiger charge is 1.85. The molecule has 0 heterocycles. The Labute approximate surface area is 108 Å². The van der Waals surface area contributed by atoms with Gasteiger partial charge in [-0.25, -0.2) is 0 Å². The van der Waals surface area contributed by atoms with Gasteiger partial charge in [0.2, 0.25) is 0 Å². The molecule has 0 aromatic heterocycles. The molecule has 1 radical (unpaired) electrons. The Bertz CT molecular complexity index is 162. The first-order valence-corrected chi connectivity index (χ1v) is 7.41. The lowest BCUT2D eigenvalue weighted by Gasteiger charge is -1.94. The van der Waals surface area contributed by atoms with Crippen molar-refractivity contribution in [3.63, 3.8) is 0 Å². The van der Waals surface area contributed by atoms with E-state index in [4.69, 9.17) is 0 Å². The molecule has 0 rings (SSSR count). The van der Waals surface area contributed by atoms with E-state index in [-0.39, 0.29) is 0 Å². The van der Waals surface area contributed by atoms with E-state index in [0.29, 0.717) is 0 Å². The van der Waals surface area contributed by atoms with Crippen molar-refractivity contribution in [3.05, 3.63) is 24.6 Å². The molecule has 0 aliphatic carbocycles. The van der Waals surface area contributed by atoms with E-state index >= 15 is 0 Å². The van der Waals surface area contributed by atoms with Gasteiger partial charge in [0, 0.05) is 12.4 Å². The largest absolute Gasteiger partial charge is 0.265 e. The van der Waals surface area contributed by atoms with E-state index in [2.05, 4.69) is 31.3 Å². The topological polar surface area (TPSA) is 14.1 Å². The van der Waals surface area contributed by atoms with Crippen molar-refractivity contribution in [2.24, 2.45) is 0 Å². The lowest BCUT2D eigenvalue weighted by Crippen LogP contribution is -1.82. The molecule has 0 aromatic carbocycles. The molecule has 99 valence electrons. The van der Waals surface area contributed by atoms with Gasteiger partial charge in [-0.3, -0.25) is 5.32 Å². The minimum absolute atomic E-state index is 1.17. The number of allylic oxidation sites excluding steroid dienone is 2. The van der Waals surface area contributed by atoms with Gasteiger partial charge in [0.15, 0.2) is 0 Å². The smallest absolute Gasteiger partial charge is 0.0227 e. The fourth-order valence-corrected chi connectivity index (χ4v) is 1.70. The van der Waals surface area contributed by atoms with Crippen LogP contribution < -0.4 is 5.32 Å². The summed E-state index contributed by atoms with van der Waals surface area (Å²) >= 11 is 0. The summed E-state index contributed by atoms with van der Waals surface area (Å²) in [5.74, 6) is 0. The van der Waals surface area contributed by atoms with Crippen molar-refractivity contribution < 1.29 is 0 Å². The zero-order valence-corrected chi connectivity index (χ0v) is 11.8. The molecule has 0 fully saturated rings. The van der Waals surface area contributed by atoms with E-state index in [1.165, 1.54) is 64.2 Å². The molecular weight excluding hydrogens is 206 g/mol. The Hall–Kier alpha value is -0.720. The third-order valence-electron chi connectivity index (χ3n) is 2.83. The molecule has 0 unspecified atom stereocenters. The fraction of sp³-hybridized carbons (Fsp3) is 0.750. The Kier molecular flexibility index (Phi) is 14.6. The maximum Gasteiger partial charge on any atom is 0.0227 e. The summed E-state index contributed by atoms with van der Waals surface area (Å²) in [5, 5.41) is 4.25. The molecule has 0 amide bonds. The summed E-state index contributed by atoms with van der Waals surface area (Å²) in [6.45, 7) is 4.49. The number of rotatable bonds is 12. The van der Waals surface area contributed by atoms with Crippen LogP contribution in [0.15, 0.2) is 24.6 Å². The Morgan fingerprint density at radius 1 is 0.647 bits per heavy atom. The first-order valence-electron chi connectivity index (χ1n) is 7.41. The van der Waals surface area contributed by atoms with Crippen LogP contribution in [0.25, 0.3) is 0 Å². The Morgan fingerprint density at radius 2 is 1.12 bits per heavy atom. The summed E-state index contributed by atoms with van der Waals surface area (Å²) in [7, 11) is 0. The molecule has 17 heavy (non-hydrogen) atoms. The lowest BCUT2D eigenvalue weighted by molar-refractivity contribution is 0.672. The van der Waals surface area contributed by atoms with E-state index in [9.17, 15) is 0 Å². The summed E-state index contributed by atoms with van der Waals surface area (Å²) in [6.07, 6.45) is 21.3. The highest BCUT2D eigenvalue weighted by Crippen LogP contribution is 2.03. The van der Waals surface area contributed by atoms with Crippen LogP contribution in [0.4, 0.5) is 0 Å². The first-order chi connectivity index (χ1) is 8.41. The lowest BCUT2D eigenvalue weighted by atomic mass is 10.1. The van der Waals surface area contributed by atoms with Crippen molar-refractivity contribution in [1.82, 2.24) is 5.32 Å². The molecule has 0 saturated carbocycles. The molecule has 1 heteroatoms. The fourth-order valence-electron chi connectivity index (χ4n) is 1.70. The minimum Gasteiger partial charge on any atom is -0.265 e. The second-order valence-corrected chi connectivity index (χ2v) is 4.62. The van der Waals surface area contributed by atoms with Crippen molar-refractivity contribution in [3.8, 4) is 0 Å². The summed E-state index contributed by atoms with van der Waals surface area (Å²) in [4.78, 5) is 0. The molecule has 0 aromatic rings. The highest BCUT2D eigenvalue weighted by atomic mass is 14.8. The van der Waals surface area contributed by atoms with Crippen LogP contribution >= 0.6 is 0 Å². The average molecular weight is 236 g/mol. The van der Waals surface area contributed by atoms with Crippen molar-refractivity contribution in [2.75, 3.05) is 0 Å². The first kappa shape index (κ1) is 16.3. The van der Waals surface area contributed by atoms with Crippen molar-refractivity contribution >= 4 is 0 Å². The van der Waals surface area contributed by atoms with Crippen molar-refractivity contribution in [1.29, 1.82) is 0 Å². The van der Waals surface area contributed by atoms with Crippen LogP contribution in [0, 0.1) is 0 Å². The van der Waals surface area contributed by atoms with Crippen LogP contribution in [0.5, 0.6) is 0 Å².